The molecule has 12 heteroatoms. The van der Waals surface area contributed by atoms with E-state index in [4.69, 9.17) is 9.47 Å². The Morgan fingerprint density at radius 1 is 1.13 bits per heavy atom. The molecule has 2 heterocycles. The molecule has 0 amide bonds. The molecule has 39 heavy (non-hydrogen) atoms. The minimum atomic E-state index is -4.68. The Labute approximate surface area is 221 Å². The third-order valence-corrected chi connectivity index (χ3v) is 7.56. The number of hydrogen-bond donors (Lipinski definition) is 3. The van der Waals surface area contributed by atoms with E-state index in [1.807, 2.05) is 0 Å². The van der Waals surface area contributed by atoms with Crippen LogP contribution in [0.3, 0.4) is 0 Å². The van der Waals surface area contributed by atoms with Crippen LogP contribution in [0.5, 0.6) is 11.5 Å². The number of fused-ring (bicyclic) bond motifs is 1. The second kappa shape index (κ2) is 9.90. The van der Waals surface area contributed by atoms with Crippen LogP contribution < -0.4 is 14.8 Å². The van der Waals surface area contributed by atoms with Crippen LogP contribution in [0.2, 0.25) is 0 Å². The molecule has 0 bridgehead atoms. The maximum atomic E-state index is 14.3. The number of aromatic nitrogens is 2. The van der Waals surface area contributed by atoms with Crippen molar-refractivity contribution < 1.29 is 41.6 Å². The highest BCUT2D eigenvalue weighted by atomic mass is 19.4. The number of piperidine rings is 1. The Balaban J connectivity index is 1.39. The molecular formula is C27H30F5N3O4. The number of benzene rings is 2. The third kappa shape index (κ3) is 5.42. The van der Waals surface area contributed by atoms with Gasteiger partial charge in [0, 0.05) is 29.8 Å². The number of ether oxygens (including phenoxy) is 2. The maximum Gasteiger partial charge on any atom is 0.418 e. The summed E-state index contributed by atoms with van der Waals surface area (Å²) < 4.78 is 81.6. The third-order valence-electron chi connectivity index (χ3n) is 7.56. The number of halogens is 5. The molecule has 1 saturated heterocycles. The molecule has 0 spiro atoms. The first-order chi connectivity index (χ1) is 18.3. The van der Waals surface area contributed by atoms with Crippen LogP contribution >= 0.6 is 0 Å². The summed E-state index contributed by atoms with van der Waals surface area (Å²) in [7, 11) is 0. The molecule has 1 aliphatic heterocycles. The SMILES string of the molecule is C[C@H]1C[C@@](O)(c2cccc(F)c2OCF)C[C@@H](COc2cc(C(F)(F)F)c3c(c2)ncn3C2CC(C)(O)C2)N1. The number of nitrogens with one attached hydrogen (secondary N) is 1. The van der Waals surface area contributed by atoms with Gasteiger partial charge in [0.15, 0.2) is 11.6 Å². The molecule has 7 nitrogen and oxygen atoms in total. The lowest BCUT2D eigenvalue weighted by Gasteiger charge is -2.42. The number of aliphatic hydroxyl groups is 2. The van der Waals surface area contributed by atoms with Gasteiger partial charge in [-0.05, 0) is 51.7 Å². The van der Waals surface area contributed by atoms with E-state index in [1.54, 1.807) is 13.8 Å². The van der Waals surface area contributed by atoms with Crippen molar-refractivity contribution in [2.75, 3.05) is 13.5 Å². The van der Waals surface area contributed by atoms with Crippen molar-refractivity contribution in [3.63, 3.8) is 0 Å². The molecule has 3 N–H and O–H groups in total. The van der Waals surface area contributed by atoms with Gasteiger partial charge in [0.25, 0.3) is 0 Å². The van der Waals surface area contributed by atoms with Crippen LogP contribution in [0.25, 0.3) is 11.0 Å². The highest BCUT2D eigenvalue weighted by Gasteiger charge is 2.43. The van der Waals surface area contributed by atoms with Crippen molar-refractivity contribution in [2.45, 2.75) is 75.0 Å². The molecule has 0 unspecified atom stereocenters. The standard InChI is InChI=1S/C27H30F5N3O4/c1-15-8-26(37,19-4-3-5-21(29)24(19)39-13-28)9-16(34-15)12-38-18-6-20(27(30,31)32)23-22(7-18)33-14-35(23)17-10-25(2,36)11-17/h3-7,14-17,34,36-37H,8-13H2,1-2H3/t15-,16-,17?,25?,26-/m0/s1. The van der Waals surface area contributed by atoms with E-state index in [-0.39, 0.29) is 59.6 Å². The summed E-state index contributed by atoms with van der Waals surface area (Å²) >= 11 is 0. The molecule has 0 radical (unpaired) electrons. The molecule has 3 aromatic rings. The van der Waals surface area contributed by atoms with E-state index in [1.165, 1.54) is 29.1 Å². The first-order valence-electron chi connectivity index (χ1n) is 12.7. The van der Waals surface area contributed by atoms with Gasteiger partial charge in [-0.3, -0.25) is 0 Å². The zero-order valence-electron chi connectivity index (χ0n) is 21.4. The number of para-hydroxylation sites is 1. The minimum absolute atomic E-state index is 0.0219. The van der Waals surface area contributed by atoms with Crippen LogP contribution in [0, 0.1) is 5.82 Å². The molecule has 212 valence electrons. The van der Waals surface area contributed by atoms with Crippen molar-refractivity contribution in [1.29, 1.82) is 0 Å². The fourth-order valence-corrected chi connectivity index (χ4v) is 5.99. The Hall–Kier alpha value is -2.96. The van der Waals surface area contributed by atoms with Gasteiger partial charge in [-0.2, -0.15) is 13.2 Å². The average Bonchev–Trinajstić information content (AvgIpc) is 3.24. The highest BCUT2D eigenvalue weighted by Crippen LogP contribution is 2.45. The summed E-state index contributed by atoms with van der Waals surface area (Å²) in [5, 5.41) is 24.8. The lowest BCUT2D eigenvalue weighted by molar-refractivity contribution is -0.136. The lowest BCUT2D eigenvalue weighted by atomic mass is 9.77. The van der Waals surface area contributed by atoms with Gasteiger partial charge in [0.05, 0.1) is 34.1 Å². The van der Waals surface area contributed by atoms with E-state index in [0.29, 0.717) is 12.8 Å². The van der Waals surface area contributed by atoms with Gasteiger partial charge in [0.2, 0.25) is 6.86 Å². The van der Waals surface area contributed by atoms with E-state index >= 15 is 0 Å². The molecule has 1 saturated carbocycles. The van der Waals surface area contributed by atoms with Crippen molar-refractivity contribution in [1.82, 2.24) is 14.9 Å². The molecule has 5 rings (SSSR count). The predicted octanol–water partition coefficient (Wildman–Crippen LogP) is 4.99. The van der Waals surface area contributed by atoms with E-state index in [2.05, 4.69) is 10.3 Å². The normalized spacial score (nSPS) is 29.3. The number of alkyl halides is 4. The first-order valence-corrected chi connectivity index (χ1v) is 12.7. The minimum Gasteiger partial charge on any atom is -0.492 e. The van der Waals surface area contributed by atoms with Gasteiger partial charge in [-0.25, -0.2) is 13.8 Å². The Morgan fingerprint density at radius 3 is 2.54 bits per heavy atom. The molecule has 2 aliphatic rings. The number of hydrogen-bond acceptors (Lipinski definition) is 6. The summed E-state index contributed by atoms with van der Waals surface area (Å²) in [5.41, 5.74) is -3.26. The van der Waals surface area contributed by atoms with E-state index in [9.17, 15) is 32.2 Å². The van der Waals surface area contributed by atoms with Crippen LogP contribution in [0.15, 0.2) is 36.7 Å². The van der Waals surface area contributed by atoms with E-state index < -0.39 is 41.7 Å². The monoisotopic (exact) mass is 555 g/mol. The molecule has 2 fully saturated rings. The van der Waals surface area contributed by atoms with Gasteiger partial charge >= 0.3 is 6.18 Å². The Morgan fingerprint density at radius 2 is 1.87 bits per heavy atom. The molecule has 2 aromatic carbocycles. The Bertz CT molecular complexity index is 1350. The maximum absolute atomic E-state index is 14.3. The molecular weight excluding hydrogens is 525 g/mol. The van der Waals surface area contributed by atoms with Crippen LogP contribution in [-0.4, -0.2) is 50.9 Å². The first kappa shape index (κ1) is 27.6. The largest absolute Gasteiger partial charge is 0.492 e. The Kier molecular flexibility index (Phi) is 7.01. The highest BCUT2D eigenvalue weighted by molar-refractivity contribution is 5.82. The molecule has 1 aliphatic carbocycles. The summed E-state index contributed by atoms with van der Waals surface area (Å²) in [5.74, 6) is -1.23. The fourth-order valence-electron chi connectivity index (χ4n) is 5.99. The second-order valence-electron chi connectivity index (χ2n) is 10.9. The predicted molar refractivity (Wildman–Crippen MR) is 132 cm³/mol. The van der Waals surface area contributed by atoms with Crippen LogP contribution in [0.4, 0.5) is 22.0 Å². The lowest BCUT2D eigenvalue weighted by Crippen LogP contribution is -2.53. The summed E-state index contributed by atoms with van der Waals surface area (Å²) in [4.78, 5) is 4.17. The quantitative estimate of drug-likeness (QED) is 0.356. The zero-order chi connectivity index (χ0) is 28.2. The van der Waals surface area contributed by atoms with Gasteiger partial charge in [-0.15, -0.1) is 0 Å². The van der Waals surface area contributed by atoms with Crippen molar-refractivity contribution >= 4 is 11.0 Å². The molecule has 3 atom stereocenters. The number of imidazole rings is 1. The summed E-state index contributed by atoms with van der Waals surface area (Å²) in [6, 6.07) is 5.21. The zero-order valence-corrected chi connectivity index (χ0v) is 21.4. The van der Waals surface area contributed by atoms with Crippen LogP contribution in [0.1, 0.15) is 56.7 Å². The van der Waals surface area contributed by atoms with Gasteiger partial charge < -0.3 is 29.6 Å². The van der Waals surface area contributed by atoms with Crippen molar-refractivity contribution in [2.24, 2.45) is 0 Å². The second-order valence-corrected chi connectivity index (χ2v) is 10.9. The summed E-state index contributed by atoms with van der Waals surface area (Å²) in [6.07, 6.45) is -2.48. The van der Waals surface area contributed by atoms with Gasteiger partial charge in [0.1, 0.15) is 12.4 Å². The summed E-state index contributed by atoms with van der Waals surface area (Å²) in [6.45, 7) is 2.06. The number of nitrogens with zero attached hydrogens (tertiary/aromatic N) is 2. The van der Waals surface area contributed by atoms with E-state index in [0.717, 1.165) is 12.1 Å². The number of rotatable bonds is 7. The fraction of sp³-hybridized carbons (Fsp3) is 0.519. The van der Waals surface area contributed by atoms with Crippen molar-refractivity contribution in [3.8, 4) is 11.5 Å². The van der Waals surface area contributed by atoms with Crippen molar-refractivity contribution in [3.05, 3.63) is 53.6 Å². The average molecular weight is 556 g/mol. The topological polar surface area (TPSA) is 88.8 Å². The smallest absolute Gasteiger partial charge is 0.418 e. The molecule has 1 aromatic heterocycles. The van der Waals surface area contributed by atoms with Gasteiger partial charge in [-0.1, -0.05) is 12.1 Å². The van der Waals surface area contributed by atoms with Crippen LogP contribution in [-0.2, 0) is 11.8 Å².